The third kappa shape index (κ3) is 9.51. The molecule has 1 saturated heterocycles. The summed E-state index contributed by atoms with van der Waals surface area (Å²) in [7, 11) is 1.69. The third-order valence-corrected chi connectivity index (χ3v) is 11.8. The predicted octanol–water partition coefficient (Wildman–Crippen LogP) is 6.13. The van der Waals surface area contributed by atoms with E-state index in [2.05, 4.69) is 30.7 Å². The number of phenolic OH excluding ortho intramolecular Hbond substituents is 2. The summed E-state index contributed by atoms with van der Waals surface area (Å²) >= 11 is 4.71. The Labute approximate surface area is 380 Å². The molecule has 19 heteroatoms. The van der Waals surface area contributed by atoms with Gasteiger partial charge in [0.05, 0.1) is 54.2 Å². The summed E-state index contributed by atoms with van der Waals surface area (Å²) in [5.74, 6) is 1.65. The number of carbonyl (C=O) groups is 2. The van der Waals surface area contributed by atoms with Gasteiger partial charge >= 0.3 is 5.69 Å². The van der Waals surface area contributed by atoms with Crippen molar-refractivity contribution in [2.24, 2.45) is 5.92 Å². The summed E-state index contributed by atoms with van der Waals surface area (Å²) in [6.07, 6.45) is 3.52. The molecule has 338 valence electrons. The summed E-state index contributed by atoms with van der Waals surface area (Å²) in [5, 5.41) is 33.5. The molecule has 2 aliphatic heterocycles. The normalized spacial score (nSPS) is 13.8. The van der Waals surface area contributed by atoms with Crippen molar-refractivity contribution in [3.63, 3.8) is 0 Å². The van der Waals surface area contributed by atoms with E-state index in [1.807, 2.05) is 50.2 Å². The Morgan fingerprint density at radius 3 is 2.43 bits per heavy atom. The van der Waals surface area contributed by atoms with E-state index in [0.717, 1.165) is 5.69 Å². The zero-order chi connectivity index (χ0) is 45.6. The van der Waals surface area contributed by atoms with Crippen LogP contribution in [-0.4, -0.2) is 99.9 Å². The van der Waals surface area contributed by atoms with Gasteiger partial charge in [-0.25, -0.2) is 19.4 Å². The number of phenols is 2. The molecule has 4 heterocycles. The molecule has 8 rings (SSSR count). The zero-order valence-corrected chi connectivity index (χ0v) is 37.0. The maximum Gasteiger partial charge on any atom is 0.348 e. The molecule has 18 nitrogen and oxygen atoms in total. The van der Waals surface area contributed by atoms with Crippen molar-refractivity contribution in [3.05, 3.63) is 107 Å². The Kier molecular flexibility index (Phi) is 13.4. The standard InChI is InChI=1S/C46H50N10O8S/c1-4-28-24-34(39(58)26-38(28)57)41-51-52-46(61)55(41)30-10-13-32(14-11-30)64-23-22-62-21-18-47-43(59)29-16-19-54(20-17-29)31-12-15-35(40(25-31)63-5-2)49-45-48-27-37-42(50-45)56(65)36-9-7-6-8-33(36)44(60)53(37)3/h6-15,24-27,29,57-58,65H,4-5,16-23H2,1-3H3,(H,47,59)(H,52,61)(H,48,49,50). The highest BCUT2D eigenvalue weighted by Gasteiger charge is 2.30. The molecule has 0 unspecified atom stereocenters. The molecule has 4 aromatic carbocycles. The second-order valence-corrected chi connectivity index (χ2v) is 15.8. The molecule has 1 fully saturated rings. The van der Waals surface area contributed by atoms with E-state index < -0.39 is 5.69 Å². The first-order valence-corrected chi connectivity index (χ1v) is 21.8. The van der Waals surface area contributed by atoms with E-state index in [1.165, 1.54) is 15.5 Å². The summed E-state index contributed by atoms with van der Waals surface area (Å²) in [5.41, 5.74) is 4.25. The van der Waals surface area contributed by atoms with Crippen LogP contribution in [0.4, 0.5) is 34.5 Å². The number of rotatable bonds is 16. The van der Waals surface area contributed by atoms with Gasteiger partial charge < -0.3 is 44.9 Å². The lowest BCUT2D eigenvalue weighted by atomic mass is 9.95. The molecule has 65 heavy (non-hydrogen) atoms. The molecular weight excluding hydrogens is 853 g/mol. The first-order chi connectivity index (χ1) is 31.5. The Balaban J connectivity index is 0.776. The van der Waals surface area contributed by atoms with E-state index in [4.69, 9.17) is 32.0 Å². The molecule has 6 aromatic rings. The Hall–Kier alpha value is -7.25. The van der Waals surface area contributed by atoms with Gasteiger partial charge in [0.1, 0.15) is 35.3 Å². The Morgan fingerprint density at radius 2 is 1.66 bits per heavy atom. The largest absolute Gasteiger partial charge is 0.508 e. The minimum Gasteiger partial charge on any atom is -0.508 e. The van der Waals surface area contributed by atoms with Gasteiger partial charge in [0.2, 0.25) is 11.9 Å². The molecule has 2 aliphatic rings. The number of aryl methyl sites for hydroxylation is 1. The molecule has 2 amide bonds. The second-order valence-electron chi connectivity index (χ2n) is 15.4. The van der Waals surface area contributed by atoms with Crippen molar-refractivity contribution >= 4 is 59.1 Å². The first-order valence-electron chi connectivity index (χ1n) is 21.4. The maximum atomic E-state index is 13.2. The van der Waals surface area contributed by atoms with Crippen LogP contribution in [0.25, 0.3) is 17.1 Å². The molecule has 0 aliphatic carbocycles. The zero-order valence-electron chi connectivity index (χ0n) is 36.2. The average molecular weight is 903 g/mol. The predicted molar refractivity (Wildman–Crippen MR) is 250 cm³/mol. The van der Waals surface area contributed by atoms with Crippen LogP contribution in [-0.2, 0) is 16.0 Å². The van der Waals surface area contributed by atoms with Gasteiger partial charge in [0, 0.05) is 50.4 Å². The fraction of sp³-hybridized carbons (Fsp3) is 0.304. The number of aromatic nitrogens is 5. The number of aromatic amines is 1. The summed E-state index contributed by atoms with van der Waals surface area (Å²) < 4.78 is 20.5. The number of nitrogens with zero attached hydrogens (tertiary/aromatic N) is 7. The highest BCUT2D eigenvalue weighted by atomic mass is 32.1. The van der Waals surface area contributed by atoms with Crippen LogP contribution >= 0.6 is 12.8 Å². The number of nitrogens with one attached hydrogen (secondary N) is 3. The number of carbonyl (C=O) groups excluding carboxylic acids is 2. The van der Waals surface area contributed by atoms with Crippen molar-refractivity contribution in [3.8, 4) is 40.1 Å². The maximum absolute atomic E-state index is 13.2. The van der Waals surface area contributed by atoms with E-state index in [1.54, 1.807) is 53.9 Å². The van der Waals surface area contributed by atoms with Gasteiger partial charge in [0.15, 0.2) is 11.6 Å². The number of aromatic hydroxyl groups is 2. The van der Waals surface area contributed by atoms with Crippen molar-refractivity contribution < 1.29 is 34.0 Å². The van der Waals surface area contributed by atoms with Crippen LogP contribution in [0, 0.1) is 5.92 Å². The molecule has 0 saturated carbocycles. The van der Waals surface area contributed by atoms with Crippen molar-refractivity contribution in [2.45, 2.75) is 33.1 Å². The van der Waals surface area contributed by atoms with Crippen LogP contribution in [0.15, 0.2) is 89.9 Å². The second kappa shape index (κ2) is 19.6. The molecule has 5 N–H and O–H groups in total. The van der Waals surface area contributed by atoms with Crippen molar-refractivity contribution in [1.29, 1.82) is 0 Å². The first kappa shape index (κ1) is 44.4. The number of piperidine rings is 1. The van der Waals surface area contributed by atoms with E-state index in [-0.39, 0.29) is 41.7 Å². The number of ether oxygens (including phenoxy) is 3. The summed E-state index contributed by atoms with van der Waals surface area (Å²) in [4.78, 5) is 52.0. The Bertz CT molecular complexity index is 2740. The van der Waals surface area contributed by atoms with Gasteiger partial charge in [-0.15, -0.1) is 0 Å². The third-order valence-electron chi connectivity index (χ3n) is 11.3. The number of amides is 2. The number of thiol groups is 1. The van der Waals surface area contributed by atoms with Gasteiger partial charge in [-0.3, -0.25) is 13.9 Å². The minimum atomic E-state index is -0.485. The molecular formula is C46H50N10O8S. The van der Waals surface area contributed by atoms with Crippen LogP contribution in [0.3, 0.4) is 0 Å². The smallest absolute Gasteiger partial charge is 0.348 e. The number of para-hydroxylation sites is 1. The molecule has 0 spiro atoms. The highest BCUT2D eigenvalue weighted by Crippen LogP contribution is 2.41. The van der Waals surface area contributed by atoms with Gasteiger partial charge in [0.25, 0.3) is 5.91 Å². The van der Waals surface area contributed by atoms with Crippen LogP contribution < -0.4 is 39.9 Å². The average Bonchev–Trinajstić information content (AvgIpc) is 3.68. The lowest BCUT2D eigenvalue weighted by molar-refractivity contribution is -0.125. The van der Waals surface area contributed by atoms with E-state index in [9.17, 15) is 24.6 Å². The van der Waals surface area contributed by atoms with Crippen molar-refractivity contribution in [1.82, 2.24) is 30.0 Å². The fourth-order valence-corrected chi connectivity index (χ4v) is 8.19. The van der Waals surface area contributed by atoms with Crippen LogP contribution in [0.1, 0.15) is 42.6 Å². The summed E-state index contributed by atoms with van der Waals surface area (Å²) in [6, 6.07) is 22.9. The fourth-order valence-electron chi connectivity index (χ4n) is 7.87. The summed E-state index contributed by atoms with van der Waals surface area (Å²) in [6.45, 7) is 6.93. The number of fused-ring (bicyclic) bond motifs is 2. The van der Waals surface area contributed by atoms with Gasteiger partial charge in [-0.1, -0.05) is 31.9 Å². The molecule has 0 bridgehead atoms. The lowest BCUT2D eigenvalue weighted by Crippen LogP contribution is -2.41. The van der Waals surface area contributed by atoms with Gasteiger partial charge in [-0.05, 0) is 86.3 Å². The minimum absolute atomic E-state index is 0.00466. The topological polar surface area (TPSA) is 213 Å². The van der Waals surface area contributed by atoms with Crippen molar-refractivity contribution in [2.75, 3.05) is 72.5 Å². The van der Waals surface area contributed by atoms with Gasteiger partial charge in [-0.2, -0.15) is 10.1 Å². The molecule has 0 radical (unpaired) electrons. The van der Waals surface area contributed by atoms with E-state index in [0.29, 0.717) is 121 Å². The highest BCUT2D eigenvalue weighted by molar-refractivity contribution is 7.82. The lowest BCUT2D eigenvalue weighted by Gasteiger charge is -2.33. The number of hydrogen-bond donors (Lipinski definition) is 6. The number of hydrogen-bond acceptors (Lipinski definition) is 15. The van der Waals surface area contributed by atoms with Crippen LogP contribution in [0.2, 0.25) is 0 Å². The SMILES string of the molecule is CCOc1cc(N2CCC(C(=O)NCCOCCOc3ccc(-n4c(-c5cc(CC)c(O)cc5O)n[nH]c4=O)cc3)CC2)ccc1Nc1ncc2c(n1)N(S)c1ccccc1C(=O)N2C. The number of H-pyrrole nitrogens is 1. The van der Waals surface area contributed by atoms with Crippen LogP contribution in [0.5, 0.6) is 23.0 Å². The van der Waals surface area contributed by atoms with E-state index >= 15 is 0 Å². The monoisotopic (exact) mass is 902 g/mol. The molecule has 2 aromatic heterocycles. The number of benzene rings is 4. The Morgan fingerprint density at radius 1 is 0.892 bits per heavy atom. The molecule has 0 atom stereocenters. The quantitative estimate of drug-likeness (QED) is 0.0477. The number of anilines is 6.